The number of benzene rings is 2. The minimum absolute atomic E-state index is 0.244. The number of carbonyl (C=O) groups is 1. The summed E-state index contributed by atoms with van der Waals surface area (Å²) in [6.45, 7) is 0.602. The fourth-order valence-electron chi connectivity index (χ4n) is 1.83. The molecule has 0 fully saturated rings. The Kier molecular flexibility index (Phi) is 4.71. The van der Waals surface area contributed by atoms with E-state index < -0.39 is 0 Å². The number of anilines is 1. The molecule has 0 aliphatic carbocycles. The van der Waals surface area contributed by atoms with Gasteiger partial charge in [-0.2, -0.15) is 0 Å². The molecule has 3 nitrogen and oxygen atoms in total. The molecule has 2 aromatic carbocycles. The van der Waals surface area contributed by atoms with Crippen LogP contribution >= 0.6 is 0 Å². The third kappa shape index (κ3) is 4.09. The standard InChI is InChI=1S/C16H17FN2O/c1-19(11-10-13-6-3-2-4-7-13)16(20)18-15-9-5-8-14(17)12-15/h2-9,12H,10-11H2,1H3,(H,18,20). The number of hydrogen-bond acceptors (Lipinski definition) is 1. The zero-order valence-electron chi connectivity index (χ0n) is 11.3. The number of urea groups is 1. The van der Waals surface area contributed by atoms with Crippen LogP contribution in [-0.2, 0) is 6.42 Å². The van der Waals surface area contributed by atoms with Gasteiger partial charge in [-0.05, 0) is 30.2 Å². The molecule has 0 atom stereocenters. The quantitative estimate of drug-likeness (QED) is 0.907. The average molecular weight is 272 g/mol. The highest BCUT2D eigenvalue weighted by molar-refractivity contribution is 5.89. The summed E-state index contributed by atoms with van der Waals surface area (Å²) in [4.78, 5) is 13.5. The van der Waals surface area contributed by atoms with Crippen LogP contribution in [0.15, 0.2) is 54.6 Å². The van der Waals surface area contributed by atoms with Crippen LogP contribution in [0.2, 0.25) is 0 Å². The summed E-state index contributed by atoms with van der Waals surface area (Å²) >= 11 is 0. The molecular formula is C16H17FN2O. The van der Waals surface area contributed by atoms with E-state index in [4.69, 9.17) is 0 Å². The van der Waals surface area contributed by atoms with E-state index in [0.717, 1.165) is 6.42 Å². The van der Waals surface area contributed by atoms with Crippen molar-refractivity contribution >= 4 is 11.7 Å². The summed E-state index contributed by atoms with van der Waals surface area (Å²) in [5.41, 5.74) is 1.64. The number of halogens is 1. The van der Waals surface area contributed by atoms with Crippen LogP contribution in [0.3, 0.4) is 0 Å². The highest BCUT2D eigenvalue weighted by Crippen LogP contribution is 2.10. The van der Waals surface area contributed by atoms with E-state index in [-0.39, 0.29) is 11.8 Å². The van der Waals surface area contributed by atoms with Gasteiger partial charge in [0.15, 0.2) is 0 Å². The van der Waals surface area contributed by atoms with Gasteiger partial charge in [-0.1, -0.05) is 36.4 Å². The number of nitrogens with zero attached hydrogens (tertiary/aromatic N) is 1. The number of amides is 2. The maximum Gasteiger partial charge on any atom is 0.321 e. The second-order valence-electron chi connectivity index (χ2n) is 4.60. The van der Waals surface area contributed by atoms with E-state index in [1.54, 1.807) is 24.1 Å². The first kappa shape index (κ1) is 14.1. The molecule has 1 N–H and O–H groups in total. The van der Waals surface area contributed by atoms with Gasteiger partial charge in [-0.3, -0.25) is 0 Å². The normalized spacial score (nSPS) is 10.1. The van der Waals surface area contributed by atoms with Crippen molar-refractivity contribution in [3.63, 3.8) is 0 Å². The van der Waals surface area contributed by atoms with Gasteiger partial charge >= 0.3 is 6.03 Å². The predicted molar refractivity (Wildman–Crippen MR) is 78.2 cm³/mol. The maximum absolute atomic E-state index is 13.0. The fourth-order valence-corrected chi connectivity index (χ4v) is 1.83. The Morgan fingerprint density at radius 3 is 2.60 bits per heavy atom. The van der Waals surface area contributed by atoms with E-state index >= 15 is 0 Å². The molecule has 0 saturated heterocycles. The van der Waals surface area contributed by atoms with E-state index in [1.807, 2.05) is 30.3 Å². The molecular weight excluding hydrogens is 255 g/mol. The van der Waals surface area contributed by atoms with Gasteiger partial charge in [0.25, 0.3) is 0 Å². The van der Waals surface area contributed by atoms with E-state index in [1.165, 1.54) is 17.7 Å². The second-order valence-corrected chi connectivity index (χ2v) is 4.60. The van der Waals surface area contributed by atoms with Gasteiger partial charge in [0.1, 0.15) is 5.82 Å². The molecule has 0 radical (unpaired) electrons. The first-order valence-electron chi connectivity index (χ1n) is 6.47. The first-order valence-corrected chi connectivity index (χ1v) is 6.47. The molecule has 0 spiro atoms. The van der Waals surface area contributed by atoms with Crippen molar-refractivity contribution < 1.29 is 9.18 Å². The lowest BCUT2D eigenvalue weighted by molar-refractivity contribution is 0.223. The van der Waals surface area contributed by atoms with E-state index in [0.29, 0.717) is 12.2 Å². The molecule has 2 amide bonds. The molecule has 0 aliphatic rings. The van der Waals surface area contributed by atoms with Crippen molar-refractivity contribution in [1.82, 2.24) is 4.90 Å². The number of rotatable bonds is 4. The second kappa shape index (κ2) is 6.70. The van der Waals surface area contributed by atoms with Gasteiger partial charge in [0.2, 0.25) is 0 Å². The Morgan fingerprint density at radius 1 is 1.15 bits per heavy atom. The summed E-state index contributed by atoms with van der Waals surface area (Å²) in [5, 5.41) is 2.67. The molecule has 4 heteroatoms. The molecule has 0 saturated carbocycles. The van der Waals surface area contributed by atoms with E-state index in [9.17, 15) is 9.18 Å². The van der Waals surface area contributed by atoms with Crippen molar-refractivity contribution in [3.05, 3.63) is 66.0 Å². The SMILES string of the molecule is CN(CCc1ccccc1)C(=O)Nc1cccc(F)c1. The Morgan fingerprint density at radius 2 is 1.90 bits per heavy atom. The zero-order valence-corrected chi connectivity index (χ0v) is 11.3. The molecule has 20 heavy (non-hydrogen) atoms. The van der Waals surface area contributed by atoms with E-state index in [2.05, 4.69) is 5.32 Å². The largest absolute Gasteiger partial charge is 0.327 e. The molecule has 0 bridgehead atoms. The lowest BCUT2D eigenvalue weighted by Crippen LogP contribution is -2.33. The Bertz CT molecular complexity index is 572. The summed E-state index contributed by atoms with van der Waals surface area (Å²) in [6, 6.07) is 15.6. The lowest BCUT2D eigenvalue weighted by atomic mass is 10.1. The van der Waals surface area contributed by atoms with Gasteiger partial charge in [-0.15, -0.1) is 0 Å². The van der Waals surface area contributed by atoms with Crippen molar-refractivity contribution in [3.8, 4) is 0 Å². The Labute approximate surface area is 118 Å². The maximum atomic E-state index is 13.0. The van der Waals surface area contributed by atoms with Crippen LogP contribution < -0.4 is 5.32 Å². The molecule has 2 aromatic rings. The van der Waals surface area contributed by atoms with Crippen LogP contribution in [0.4, 0.5) is 14.9 Å². The Hall–Kier alpha value is -2.36. The molecule has 2 rings (SSSR count). The number of carbonyl (C=O) groups excluding carboxylic acids is 1. The molecule has 0 unspecified atom stereocenters. The molecule has 0 heterocycles. The summed E-state index contributed by atoms with van der Waals surface area (Å²) < 4.78 is 13.0. The van der Waals surface area contributed by atoms with Crippen molar-refractivity contribution in [2.45, 2.75) is 6.42 Å². The first-order chi connectivity index (χ1) is 9.65. The van der Waals surface area contributed by atoms with Crippen LogP contribution in [0.1, 0.15) is 5.56 Å². The highest BCUT2D eigenvalue weighted by atomic mass is 19.1. The smallest absolute Gasteiger partial charge is 0.321 e. The number of likely N-dealkylation sites (N-methyl/N-ethyl adjacent to an activating group) is 1. The Balaban J connectivity index is 1.86. The minimum atomic E-state index is -0.366. The number of hydrogen-bond donors (Lipinski definition) is 1. The van der Waals surface area contributed by atoms with Crippen molar-refractivity contribution in [2.75, 3.05) is 18.9 Å². The van der Waals surface area contributed by atoms with Gasteiger partial charge in [0, 0.05) is 19.3 Å². The van der Waals surface area contributed by atoms with Gasteiger partial charge in [-0.25, -0.2) is 9.18 Å². The fraction of sp³-hybridized carbons (Fsp3) is 0.188. The molecule has 104 valence electrons. The zero-order chi connectivity index (χ0) is 14.4. The van der Waals surface area contributed by atoms with Gasteiger partial charge in [0.05, 0.1) is 0 Å². The number of nitrogens with one attached hydrogen (secondary N) is 1. The van der Waals surface area contributed by atoms with Crippen molar-refractivity contribution in [2.24, 2.45) is 0 Å². The summed E-state index contributed by atoms with van der Waals surface area (Å²) in [6.07, 6.45) is 0.786. The summed E-state index contributed by atoms with van der Waals surface area (Å²) in [7, 11) is 1.72. The summed E-state index contributed by atoms with van der Waals surface area (Å²) in [5.74, 6) is -0.366. The third-order valence-electron chi connectivity index (χ3n) is 3.00. The van der Waals surface area contributed by atoms with Crippen molar-refractivity contribution in [1.29, 1.82) is 0 Å². The van der Waals surface area contributed by atoms with Crippen LogP contribution in [-0.4, -0.2) is 24.5 Å². The third-order valence-corrected chi connectivity index (χ3v) is 3.00. The minimum Gasteiger partial charge on any atom is -0.327 e. The van der Waals surface area contributed by atoms with Crippen LogP contribution in [0.25, 0.3) is 0 Å². The molecule has 0 aromatic heterocycles. The topological polar surface area (TPSA) is 32.3 Å². The predicted octanol–water partition coefficient (Wildman–Crippen LogP) is 3.53. The molecule has 0 aliphatic heterocycles. The monoisotopic (exact) mass is 272 g/mol. The average Bonchev–Trinajstić information content (AvgIpc) is 2.46. The lowest BCUT2D eigenvalue weighted by Gasteiger charge is -2.18. The van der Waals surface area contributed by atoms with Crippen LogP contribution in [0.5, 0.6) is 0 Å². The van der Waals surface area contributed by atoms with Gasteiger partial charge < -0.3 is 10.2 Å². The highest BCUT2D eigenvalue weighted by Gasteiger charge is 2.08. The van der Waals surface area contributed by atoms with Crippen LogP contribution in [0, 0.1) is 5.82 Å².